The summed E-state index contributed by atoms with van der Waals surface area (Å²) in [6.45, 7) is 0. The van der Waals surface area contributed by atoms with Crippen LogP contribution in [-0.4, -0.2) is 17.2 Å². The minimum absolute atomic E-state index is 0.246. The van der Waals surface area contributed by atoms with Gasteiger partial charge in [0.15, 0.2) is 11.5 Å². The maximum Gasteiger partial charge on any atom is 0.271 e. The number of hydrogen-bond acceptors (Lipinski definition) is 4. The first-order valence-electron chi connectivity index (χ1n) is 6.94. The number of aliphatic hydroxyl groups excluding tert-OH is 1. The van der Waals surface area contributed by atoms with Gasteiger partial charge >= 0.3 is 0 Å². The first-order chi connectivity index (χ1) is 11.4. The van der Waals surface area contributed by atoms with Gasteiger partial charge in [0.05, 0.1) is 5.56 Å². The topological polar surface area (TPSA) is 102 Å². The normalized spacial score (nSPS) is 15.6. The molecule has 1 amide bonds. The van der Waals surface area contributed by atoms with Crippen LogP contribution >= 0.6 is 0 Å². The van der Waals surface area contributed by atoms with Crippen molar-refractivity contribution < 1.29 is 18.7 Å². The second-order valence-corrected chi connectivity index (χ2v) is 4.93. The van der Waals surface area contributed by atoms with E-state index in [0.717, 1.165) is 18.3 Å². The van der Waals surface area contributed by atoms with Crippen molar-refractivity contribution in [2.24, 2.45) is 16.5 Å². The second kappa shape index (κ2) is 7.36. The largest absolute Gasteiger partial charge is 0.505 e. The third-order valence-corrected chi connectivity index (χ3v) is 3.18. The molecule has 24 heavy (non-hydrogen) atoms. The third-order valence-electron chi connectivity index (χ3n) is 3.18. The van der Waals surface area contributed by atoms with Gasteiger partial charge < -0.3 is 16.6 Å². The average molecular weight is 331 g/mol. The molecule has 0 unspecified atom stereocenters. The van der Waals surface area contributed by atoms with Crippen LogP contribution in [0.3, 0.4) is 0 Å². The van der Waals surface area contributed by atoms with Crippen molar-refractivity contribution >= 4 is 12.1 Å². The fourth-order valence-electron chi connectivity index (χ4n) is 1.94. The lowest BCUT2D eigenvalue weighted by Crippen LogP contribution is -2.15. The van der Waals surface area contributed by atoms with Gasteiger partial charge in [0.2, 0.25) is 0 Å². The molecule has 1 aliphatic carbocycles. The molecule has 1 aromatic carbocycles. The van der Waals surface area contributed by atoms with Crippen LogP contribution in [0.1, 0.15) is 12.0 Å². The number of aliphatic imine (C=N–C) groups is 1. The monoisotopic (exact) mass is 331 g/mol. The molecule has 0 bridgehead atoms. The van der Waals surface area contributed by atoms with Crippen molar-refractivity contribution in [1.82, 2.24) is 0 Å². The van der Waals surface area contributed by atoms with Crippen LogP contribution in [0, 0.1) is 11.6 Å². The van der Waals surface area contributed by atoms with E-state index in [-0.39, 0.29) is 5.57 Å². The summed E-state index contributed by atoms with van der Waals surface area (Å²) in [6, 6.07) is 3.28. The molecule has 1 aromatic rings. The van der Waals surface area contributed by atoms with E-state index in [1.807, 2.05) is 0 Å². The highest BCUT2D eigenvalue weighted by Crippen LogP contribution is 2.19. The number of allylic oxidation sites excluding steroid dienone is 4. The summed E-state index contributed by atoms with van der Waals surface area (Å²) in [7, 11) is 0. The Morgan fingerprint density at radius 2 is 1.92 bits per heavy atom. The second-order valence-electron chi connectivity index (χ2n) is 4.93. The van der Waals surface area contributed by atoms with Crippen molar-refractivity contribution in [1.29, 1.82) is 0 Å². The van der Waals surface area contributed by atoms with Crippen molar-refractivity contribution in [2.45, 2.75) is 6.42 Å². The van der Waals surface area contributed by atoms with Crippen LogP contribution in [0.15, 0.2) is 70.2 Å². The number of benzene rings is 1. The van der Waals surface area contributed by atoms with Gasteiger partial charge in [-0.1, -0.05) is 18.2 Å². The molecule has 0 spiro atoms. The molecule has 0 aliphatic heterocycles. The first-order valence-corrected chi connectivity index (χ1v) is 6.94. The van der Waals surface area contributed by atoms with Gasteiger partial charge in [0.25, 0.3) is 5.91 Å². The van der Waals surface area contributed by atoms with Gasteiger partial charge in [-0.2, -0.15) is 0 Å². The number of primary amides is 1. The molecule has 5 nitrogen and oxygen atoms in total. The van der Waals surface area contributed by atoms with Crippen LogP contribution < -0.4 is 11.5 Å². The summed E-state index contributed by atoms with van der Waals surface area (Å²) in [4.78, 5) is 15.2. The zero-order chi connectivity index (χ0) is 17.7. The van der Waals surface area contributed by atoms with E-state index in [1.54, 1.807) is 12.2 Å². The zero-order valence-corrected chi connectivity index (χ0v) is 12.5. The highest BCUT2D eigenvalue weighted by atomic mass is 19.1. The molecule has 0 atom stereocenters. The molecule has 0 radical (unpaired) electrons. The maximum absolute atomic E-state index is 13.6. The highest BCUT2D eigenvalue weighted by Gasteiger charge is 2.15. The fraction of sp³-hybridized carbons (Fsp3) is 0.0588. The van der Waals surface area contributed by atoms with Crippen molar-refractivity contribution in [3.8, 4) is 0 Å². The van der Waals surface area contributed by atoms with E-state index < -0.39 is 34.6 Å². The predicted molar refractivity (Wildman–Crippen MR) is 86.9 cm³/mol. The molecule has 0 saturated heterocycles. The fourth-order valence-corrected chi connectivity index (χ4v) is 1.94. The van der Waals surface area contributed by atoms with E-state index >= 15 is 0 Å². The molecule has 0 fully saturated rings. The Kier molecular flexibility index (Phi) is 5.26. The lowest BCUT2D eigenvalue weighted by atomic mass is 10.1. The van der Waals surface area contributed by atoms with Crippen LogP contribution in [-0.2, 0) is 4.79 Å². The molecular formula is C17H15F2N3O2. The van der Waals surface area contributed by atoms with Gasteiger partial charge in [-0.05, 0) is 24.3 Å². The standard InChI is InChI=1S/C17H15F2N3O2/c18-13-5-2-6-14(19)12(13)9-22-15(17(21)24)16(23)10-3-1-4-11(20)8-7-10/h1-3,5-9,23H,4,20H2,(H2,21,24)/b16-15-,22-9?. The summed E-state index contributed by atoms with van der Waals surface area (Å²) in [5, 5.41) is 10.2. The minimum atomic E-state index is -1.05. The van der Waals surface area contributed by atoms with E-state index in [4.69, 9.17) is 11.5 Å². The van der Waals surface area contributed by atoms with Crippen LogP contribution in [0.2, 0.25) is 0 Å². The number of nitrogens with two attached hydrogens (primary N) is 2. The number of aliphatic hydroxyl groups is 1. The smallest absolute Gasteiger partial charge is 0.271 e. The number of halogens is 2. The highest BCUT2D eigenvalue weighted by molar-refractivity contribution is 5.96. The SMILES string of the molecule is NC(=O)/C(N=Cc1c(F)cccc1F)=C(/O)C1=CC=C(N)CC=C1. The van der Waals surface area contributed by atoms with Crippen LogP contribution in [0.25, 0.3) is 0 Å². The Balaban J connectivity index is 2.46. The third kappa shape index (κ3) is 3.95. The Bertz CT molecular complexity index is 801. The summed E-state index contributed by atoms with van der Waals surface area (Å²) < 4.78 is 27.2. The van der Waals surface area contributed by atoms with E-state index in [2.05, 4.69) is 4.99 Å². The van der Waals surface area contributed by atoms with Gasteiger partial charge in [-0.25, -0.2) is 13.8 Å². The Morgan fingerprint density at radius 3 is 2.54 bits per heavy atom. The predicted octanol–water partition coefficient (Wildman–Crippen LogP) is 2.37. The molecule has 7 heteroatoms. The summed E-state index contributed by atoms with van der Waals surface area (Å²) in [5.41, 5.74) is 10.7. The van der Waals surface area contributed by atoms with Crippen molar-refractivity contribution in [3.63, 3.8) is 0 Å². The Hall–Kier alpha value is -3.22. The lowest BCUT2D eigenvalue weighted by molar-refractivity contribution is -0.114. The van der Waals surface area contributed by atoms with Crippen LogP contribution in [0.5, 0.6) is 0 Å². The van der Waals surface area contributed by atoms with Gasteiger partial charge in [-0.15, -0.1) is 0 Å². The zero-order valence-electron chi connectivity index (χ0n) is 12.5. The number of carbonyl (C=O) groups excluding carboxylic acids is 1. The summed E-state index contributed by atoms with van der Waals surface area (Å²) in [6.07, 6.45) is 7.53. The minimum Gasteiger partial charge on any atom is -0.505 e. The molecule has 1 aliphatic rings. The maximum atomic E-state index is 13.6. The number of hydrogen-bond donors (Lipinski definition) is 3. The molecule has 0 heterocycles. The first kappa shape index (κ1) is 17.1. The van der Waals surface area contributed by atoms with Crippen molar-refractivity contribution in [3.05, 3.63) is 82.4 Å². The molecule has 0 aromatic heterocycles. The quantitative estimate of drug-likeness (QED) is 0.448. The number of carbonyl (C=O) groups is 1. The molecule has 2 rings (SSSR count). The molecule has 124 valence electrons. The summed E-state index contributed by atoms with van der Waals surface area (Å²) in [5.74, 6) is -3.27. The van der Waals surface area contributed by atoms with E-state index in [0.29, 0.717) is 12.1 Å². The number of rotatable bonds is 4. The lowest BCUT2D eigenvalue weighted by Gasteiger charge is -2.04. The summed E-state index contributed by atoms with van der Waals surface area (Å²) >= 11 is 0. The molecule has 0 saturated carbocycles. The van der Waals surface area contributed by atoms with Crippen molar-refractivity contribution in [2.75, 3.05) is 0 Å². The number of amides is 1. The van der Waals surface area contributed by atoms with Crippen LogP contribution in [0.4, 0.5) is 8.78 Å². The number of nitrogens with zero attached hydrogens (tertiary/aromatic N) is 1. The molecule has 5 N–H and O–H groups in total. The molecular weight excluding hydrogens is 316 g/mol. The Morgan fingerprint density at radius 1 is 1.25 bits per heavy atom. The van der Waals surface area contributed by atoms with Gasteiger partial charge in [0, 0.05) is 23.9 Å². The van der Waals surface area contributed by atoms with Gasteiger partial charge in [-0.3, -0.25) is 4.79 Å². The van der Waals surface area contributed by atoms with Gasteiger partial charge in [0.1, 0.15) is 11.6 Å². The average Bonchev–Trinajstić information content (AvgIpc) is 2.74. The van der Waals surface area contributed by atoms with E-state index in [9.17, 15) is 18.7 Å². The van der Waals surface area contributed by atoms with E-state index in [1.165, 1.54) is 18.2 Å². The Labute approximate surface area is 137 Å².